The molecule has 10 heteroatoms. The van der Waals surface area contributed by atoms with E-state index in [0.717, 1.165) is 6.07 Å². The van der Waals surface area contributed by atoms with Crippen LogP contribution in [-0.2, 0) is 16.2 Å². The number of aromatic nitrogens is 3. The molecule has 3 rings (SSSR count). The largest absolute Gasteiger partial charge is 0.416 e. The third-order valence-corrected chi connectivity index (χ3v) is 4.80. The molecular formula is C15H13F3N4O2S. The van der Waals surface area contributed by atoms with E-state index in [2.05, 4.69) is 10.1 Å². The normalized spacial score (nSPS) is 12.7. The van der Waals surface area contributed by atoms with Crippen LogP contribution in [0.5, 0.6) is 0 Å². The van der Waals surface area contributed by atoms with Gasteiger partial charge in [-0.15, -0.1) is 0 Å². The number of sulfonamides is 1. The topological polar surface area (TPSA) is 90.3 Å². The molecule has 0 aliphatic rings. The van der Waals surface area contributed by atoms with E-state index >= 15 is 0 Å². The first-order chi connectivity index (χ1) is 11.5. The third kappa shape index (κ3) is 3.10. The molecule has 0 radical (unpaired) electrons. The summed E-state index contributed by atoms with van der Waals surface area (Å²) in [4.78, 5) is 3.81. The van der Waals surface area contributed by atoms with E-state index in [4.69, 9.17) is 5.14 Å². The molecule has 0 aliphatic carbocycles. The Bertz CT molecular complexity index is 1090. The van der Waals surface area contributed by atoms with Gasteiger partial charge in [-0.1, -0.05) is 12.1 Å². The molecule has 2 N–H and O–H groups in total. The summed E-state index contributed by atoms with van der Waals surface area (Å²) in [5, 5.41) is 9.18. The van der Waals surface area contributed by atoms with Gasteiger partial charge < -0.3 is 0 Å². The van der Waals surface area contributed by atoms with Crippen molar-refractivity contribution >= 4 is 15.7 Å². The van der Waals surface area contributed by atoms with Crippen molar-refractivity contribution in [2.45, 2.75) is 24.9 Å². The zero-order valence-corrected chi connectivity index (χ0v) is 14.0. The van der Waals surface area contributed by atoms with Crippen molar-refractivity contribution in [3.8, 4) is 11.1 Å². The maximum atomic E-state index is 13.1. The highest BCUT2D eigenvalue weighted by atomic mass is 32.2. The number of alkyl halides is 3. The van der Waals surface area contributed by atoms with Crippen LogP contribution in [0.2, 0.25) is 0 Å². The van der Waals surface area contributed by atoms with Gasteiger partial charge >= 0.3 is 6.18 Å². The lowest BCUT2D eigenvalue weighted by Crippen LogP contribution is -2.13. The number of primary sulfonamides is 1. The molecule has 0 bridgehead atoms. The molecule has 1 aromatic carbocycles. The van der Waals surface area contributed by atoms with Crippen molar-refractivity contribution in [2.75, 3.05) is 0 Å². The van der Waals surface area contributed by atoms with Gasteiger partial charge in [0.1, 0.15) is 4.90 Å². The minimum absolute atomic E-state index is 0.0203. The second-order valence-corrected chi connectivity index (χ2v) is 7.10. The van der Waals surface area contributed by atoms with E-state index in [1.807, 2.05) is 0 Å². The highest BCUT2D eigenvalue weighted by Gasteiger charge is 2.32. The van der Waals surface area contributed by atoms with Crippen molar-refractivity contribution in [3.63, 3.8) is 0 Å². The molecule has 6 nitrogen and oxygen atoms in total. The Balaban J connectivity index is 2.19. The summed E-state index contributed by atoms with van der Waals surface area (Å²) in [7, 11) is -4.02. The Labute approximate surface area is 141 Å². The summed E-state index contributed by atoms with van der Waals surface area (Å²) in [5.74, 6) is 0. The molecule has 0 aliphatic heterocycles. The van der Waals surface area contributed by atoms with Crippen LogP contribution >= 0.6 is 0 Å². The van der Waals surface area contributed by atoms with Gasteiger partial charge in [-0.05, 0) is 31.0 Å². The fraction of sp³-hybridized carbons (Fsp3) is 0.200. The average Bonchev–Trinajstić information content (AvgIpc) is 2.81. The fourth-order valence-corrected chi connectivity index (χ4v) is 3.47. The van der Waals surface area contributed by atoms with Crippen LogP contribution < -0.4 is 5.14 Å². The summed E-state index contributed by atoms with van der Waals surface area (Å²) in [6, 6.07) is 3.92. The number of rotatable bonds is 2. The highest BCUT2D eigenvalue weighted by Crippen LogP contribution is 2.34. The monoisotopic (exact) mass is 370 g/mol. The molecule has 0 amide bonds. The molecule has 0 spiro atoms. The number of benzene rings is 1. The van der Waals surface area contributed by atoms with E-state index in [9.17, 15) is 21.6 Å². The lowest BCUT2D eigenvalue weighted by atomic mass is 10.0. The molecule has 25 heavy (non-hydrogen) atoms. The number of aryl methyl sites for hydroxylation is 2. The van der Waals surface area contributed by atoms with Crippen LogP contribution in [0, 0.1) is 13.8 Å². The van der Waals surface area contributed by atoms with Gasteiger partial charge in [0.2, 0.25) is 10.0 Å². The molecule has 0 unspecified atom stereocenters. The Morgan fingerprint density at radius 2 is 1.84 bits per heavy atom. The van der Waals surface area contributed by atoms with Gasteiger partial charge in [-0.3, -0.25) is 0 Å². The van der Waals surface area contributed by atoms with E-state index in [-0.39, 0.29) is 27.4 Å². The lowest BCUT2D eigenvalue weighted by molar-refractivity contribution is -0.138. The summed E-state index contributed by atoms with van der Waals surface area (Å²) in [6.07, 6.45) is -1.77. The first-order valence-electron chi connectivity index (χ1n) is 7.04. The van der Waals surface area contributed by atoms with Crippen molar-refractivity contribution < 1.29 is 21.6 Å². The Morgan fingerprint density at radius 1 is 1.16 bits per heavy atom. The predicted octanol–water partition coefficient (Wildman–Crippen LogP) is 2.68. The number of nitrogens with zero attached hydrogens (tertiary/aromatic N) is 3. The van der Waals surface area contributed by atoms with E-state index in [1.165, 1.54) is 42.9 Å². The molecule has 0 saturated carbocycles. The second kappa shape index (κ2) is 5.53. The van der Waals surface area contributed by atoms with Crippen LogP contribution in [0.4, 0.5) is 13.2 Å². The summed E-state index contributed by atoms with van der Waals surface area (Å²) in [5.41, 5.74) is 0.196. The van der Waals surface area contributed by atoms with Gasteiger partial charge in [0.05, 0.1) is 11.3 Å². The zero-order chi connectivity index (χ0) is 18.6. The minimum atomic E-state index is -4.47. The fourth-order valence-electron chi connectivity index (χ4n) is 2.61. The maximum Gasteiger partial charge on any atom is 0.416 e. The molecular weight excluding hydrogens is 357 g/mol. The SMILES string of the molecule is Cc1ccc(-c2cnc3c(S(N)(=O)=O)c(C)nn3c2)cc1C(F)(F)F. The van der Waals surface area contributed by atoms with Crippen molar-refractivity contribution in [1.29, 1.82) is 0 Å². The Hall–Kier alpha value is -2.46. The van der Waals surface area contributed by atoms with Crippen LogP contribution in [0.25, 0.3) is 16.8 Å². The molecule has 0 fully saturated rings. The number of halogens is 3. The highest BCUT2D eigenvalue weighted by molar-refractivity contribution is 7.89. The predicted molar refractivity (Wildman–Crippen MR) is 84.3 cm³/mol. The number of hydrogen-bond acceptors (Lipinski definition) is 4. The van der Waals surface area contributed by atoms with E-state index < -0.39 is 21.8 Å². The summed E-state index contributed by atoms with van der Waals surface area (Å²) >= 11 is 0. The van der Waals surface area contributed by atoms with Crippen molar-refractivity contribution in [3.05, 3.63) is 47.4 Å². The van der Waals surface area contributed by atoms with Gasteiger partial charge in [0, 0.05) is 18.0 Å². The van der Waals surface area contributed by atoms with Crippen LogP contribution in [0.15, 0.2) is 35.5 Å². The molecule has 132 valence electrons. The maximum absolute atomic E-state index is 13.1. The van der Waals surface area contributed by atoms with Crippen molar-refractivity contribution in [2.24, 2.45) is 5.14 Å². The van der Waals surface area contributed by atoms with Gasteiger partial charge in [-0.25, -0.2) is 23.1 Å². The first-order valence-corrected chi connectivity index (χ1v) is 8.59. The standard InChI is InChI=1S/C15H13F3N4O2S/c1-8-3-4-10(5-12(8)15(16,17)18)11-6-20-14-13(25(19,23)24)9(2)21-22(14)7-11/h3-7H,1-2H3,(H2,19,23,24). The third-order valence-electron chi connectivity index (χ3n) is 3.75. The molecule has 2 heterocycles. The smallest absolute Gasteiger partial charge is 0.235 e. The molecule has 2 aromatic heterocycles. The van der Waals surface area contributed by atoms with E-state index in [0.29, 0.717) is 5.56 Å². The number of fused-ring (bicyclic) bond motifs is 1. The first kappa shape index (κ1) is 17.4. The Kier molecular flexibility index (Phi) is 3.84. The van der Waals surface area contributed by atoms with E-state index in [1.54, 1.807) is 0 Å². The molecule has 3 aromatic rings. The van der Waals surface area contributed by atoms with Crippen molar-refractivity contribution in [1.82, 2.24) is 14.6 Å². The molecule has 0 atom stereocenters. The van der Waals surface area contributed by atoms with Gasteiger partial charge in [0.25, 0.3) is 0 Å². The number of hydrogen-bond donors (Lipinski definition) is 1. The summed E-state index contributed by atoms with van der Waals surface area (Å²) in [6.45, 7) is 2.84. The van der Waals surface area contributed by atoms with Crippen LogP contribution in [0.3, 0.4) is 0 Å². The number of nitrogens with two attached hydrogens (primary N) is 1. The minimum Gasteiger partial charge on any atom is -0.235 e. The Morgan fingerprint density at radius 3 is 2.44 bits per heavy atom. The van der Waals surface area contributed by atoms with Crippen LogP contribution in [0.1, 0.15) is 16.8 Å². The molecule has 0 saturated heterocycles. The van der Waals surface area contributed by atoms with Gasteiger partial charge in [0.15, 0.2) is 5.65 Å². The van der Waals surface area contributed by atoms with Crippen LogP contribution in [-0.4, -0.2) is 23.0 Å². The lowest BCUT2D eigenvalue weighted by Gasteiger charge is -2.12. The average molecular weight is 370 g/mol. The second-order valence-electron chi connectivity index (χ2n) is 5.60. The quantitative estimate of drug-likeness (QED) is 0.751. The summed E-state index contributed by atoms with van der Waals surface area (Å²) < 4.78 is 63.7. The van der Waals surface area contributed by atoms with Gasteiger partial charge in [-0.2, -0.15) is 18.3 Å². The zero-order valence-electron chi connectivity index (χ0n) is 13.2.